The number of nitrogens with one attached hydrogen (secondary N) is 1. The summed E-state index contributed by atoms with van der Waals surface area (Å²) in [5.41, 5.74) is -1.21. The Kier molecular flexibility index (Phi) is 2.12. The topological polar surface area (TPSA) is 53.1 Å². The van der Waals surface area contributed by atoms with Crippen LogP contribution in [0.25, 0.3) is 0 Å². The molecule has 0 aliphatic heterocycles. The van der Waals surface area contributed by atoms with E-state index in [1.807, 2.05) is 0 Å². The van der Waals surface area contributed by atoms with E-state index in [4.69, 9.17) is 5.11 Å². The van der Waals surface area contributed by atoms with Gasteiger partial charge in [-0.2, -0.15) is 0 Å². The summed E-state index contributed by atoms with van der Waals surface area (Å²) in [4.78, 5) is 13.0. The van der Waals surface area contributed by atoms with Gasteiger partial charge in [-0.25, -0.2) is 8.78 Å². The molecule has 1 aromatic heterocycles. The summed E-state index contributed by atoms with van der Waals surface area (Å²) in [6, 6.07) is 1.06. The van der Waals surface area contributed by atoms with Crippen molar-refractivity contribution in [2.24, 2.45) is 0 Å². The van der Waals surface area contributed by atoms with Crippen LogP contribution in [-0.2, 0) is 0 Å². The maximum Gasteiger partial charge on any atom is 0.282 e. The Balaban J connectivity index is 3.38. The monoisotopic (exact) mass is 175 g/mol. The Morgan fingerprint density at radius 2 is 2.17 bits per heavy atom. The highest BCUT2D eigenvalue weighted by atomic mass is 19.3. The summed E-state index contributed by atoms with van der Waals surface area (Å²) in [7, 11) is 0. The minimum atomic E-state index is -2.86. The Morgan fingerprint density at radius 1 is 1.58 bits per heavy atom. The zero-order chi connectivity index (χ0) is 9.30. The molecule has 0 radical (unpaired) electrons. The summed E-state index contributed by atoms with van der Waals surface area (Å²) in [6.45, 7) is 1.46. The SMILES string of the molecule is Cc1cc(=O)c(O)c(C(F)F)[nH]1. The number of hydrogen-bond acceptors (Lipinski definition) is 2. The Hall–Kier alpha value is -1.39. The molecule has 0 spiro atoms. The van der Waals surface area contributed by atoms with Gasteiger partial charge in [-0.05, 0) is 6.92 Å². The number of hydrogen-bond donors (Lipinski definition) is 2. The lowest BCUT2D eigenvalue weighted by molar-refractivity contribution is 0.141. The lowest BCUT2D eigenvalue weighted by atomic mass is 10.3. The smallest absolute Gasteiger partial charge is 0.282 e. The van der Waals surface area contributed by atoms with Gasteiger partial charge in [-0.1, -0.05) is 0 Å². The molecule has 0 atom stereocenters. The molecule has 0 aromatic carbocycles. The van der Waals surface area contributed by atoms with E-state index in [1.165, 1.54) is 6.92 Å². The summed E-state index contributed by atoms with van der Waals surface area (Å²) < 4.78 is 24.1. The van der Waals surface area contributed by atoms with Gasteiger partial charge in [0.1, 0.15) is 5.69 Å². The number of pyridine rings is 1. The van der Waals surface area contributed by atoms with Crippen molar-refractivity contribution in [2.75, 3.05) is 0 Å². The van der Waals surface area contributed by atoms with Gasteiger partial charge in [0.2, 0.25) is 5.43 Å². The molecular weight excluding hydrogens is 168 g/mol. The fourth-order valence-corrected chi connectivity index (χ4v) is 0.863. The van der Waals surface area contributed by atoms with Crippen LogP contribution >= 0.6 is 0 Å². The molecule has 2 N–H and O–H groups in total. The van der Waals surface area contributed by atoms with Gasteiger partial charge >= 0.3 is 0 Å². The number of alkyl halides is 2. The second-order valence-electron chi connectivity index (χ2n) is 2.38. The van der Waals surface area contributed by atoms with E-state index in [0.29, 0.717) is 5.69 Å². The first kappa shape index (κ1) is 8.70. The van der Waals surface area contributed by atoms with E-state index in [0.717, 1.165) is 6.07 Å². The Bertz CT molecular complexity index is 346. The molecule has 1 heterocycles. The number of rotatable bonds is 1. The minimum absolute atomic E-state index is 0.299. The molecule has 0 bridgehead atoms. The van der Waals surface area contributed by atoms with Crippen LogP contribution < -0.4 is 5.43 Å². The Morgan fingerprint density at radius 3 is 2.67 bits per heavy atom. The predicted molar refractivity (Wildman–Crippen MR) is 38.4 cm³/mol. The number of halogens is 2. The van der Waals surface area contributed by atoms with Crippen molar-refractivity contribution in [1.29, 1.82) is 0 Å². The number of aromatic hydroxyl groups is 1. The van der Waals surface area contributed by atoms with E-state index < -0.39 is 23.3 Å². The van der Waals surface area contributed by atoms with E-state index in [2.05, 4.69) is 4.98 Å². The fraction of sp³-hybridized carbons (Fsp3) is 0.286. The molecule has 12 heavy (non-hydrogen) atoms. The van der Waals surface area contributed by atoms with Gasteiger partial charge in [0, 0.05) is 11.8 Å². The average molecular weight is 175 g/mol. The largest absolute Gasteiger partial charge is 0.503 e. The third kappa shape index (κ3) is 1.44. The van der Waals surface area contributed by atoms with Gasteiger partial charge in [0.15, 0.2) is 5.75 Å². The van der Waals surface area contributed by atoms with Crippen LogP contribution in [0.2, 0.25) is 0 Å². The third-order valence-electron chi connectivity index (χ3n) is 1.39. The predicted octanol–water partition coefficient (Wildman–Crippen LogP) is 1.33. The van der Waals surface area contributed by atoms with Crippen molar-refractivity contribution in [2.45, 2.75) is 13.3 Å². The van der Waals surface area contributed by atoms with Gasteiger partial charge < -0.3 is 10.1 Å². The molecule has 1 aromatic rings. The van der Waals surface area contributed by atoms with Crippen molar-refractivity contribution in [1.82, 2.24) is 4.98 Å². The van der Waals surface area contributed by atoms with Crippen LogP contribution in [0.3, 0.4) is 0 Å². The first-order valence-electron chi connectivity index (χ1n) is 3.23. The fourth-order valence-electron chi connectivity index (χ4n) is 0.863. The molecule has 1 rings (SSSR count). The van der Waals surface area contributed by atoms with Gasteiger partial charge in [-0.15, -0.1) is 0 Å². The van der Waals surface area contributed by atoms with Crippen molar-refractivity contribution in [3.8, 4) is 5.75 Å². The first-order chi connectivity index (χ1) is 5.52. The summed E-state index contributed by atoms with van der Waals surface area (Å²) in [5.74, 6) is -0.907. The molecule has 0 unspecified atom stereocenters. The lowest BCUT2D eigenvalue weighted by Gasteiger charge is -2.03. The molecule has 0 aliphatic rings. The quantitative estimate of drug-likeness (QED) is 0.676. The van der Waals surface area contributed by atoms with Crippen LogP contribution in [0.5, 0.6) is 5.75 Å². The van der Waals surface area contributed by atoms with Crippen molar-refractivity contribution >= 4 is 0 Å². The average Bonchev–Trinajstić information content (AvgIpc) is 1.96. The molecule has 0 saturated heterocycles. The summed E-state index contributed by atoms with van der Waals surface area (Å²) >= 11 is 0. The highest BCUT2D eigenvalue weighted by Crippen LogP contribution is 2.22. The summed E-state index contributed by atoms with van der Waals surface area (Å²) in [5, 5.41) is 8.87. The molecule has 0 aliphatic carbocycles. The molecule has 0 fully saturated rings. The maximum absolute atomic E-state index is 12.1. The minimum Gasteiger partial charge on any atom is -0.503 e. The number of aryl methyl sites for hydroxylation is 1. The van der Waals surface area contributed by atoms with Crippen molar-refractivity contribution in [3.05, 3.63) is 27.7 Å². The molecule has 5 heteroatoms. The Labute approximate surface area is 66.7 Å². The van der Waals surface area contributed by atoms with Crippen LogP contribution in [0, 0.1) is 6.92 Å². The zero-order valence-corrected chi connectivity index (χ0v) is 6.27. The normalized spacial score (nSPS) is 10.7. The first-order valence-corrected chi connectivity index (χ1v) is 3.23. The van der Waals surface area contributed by atoms with Crippen molar-refractivity contribution in [3.63, 3.8) is 0 Å². The number of aromatic amines is 1. The standard InChI is InChI=1S/C7H7F2NO2/c1-3-2-4(11)6(12)5(10-3)7(8)9/h2,7,12H,1H3,(H,10,11). The maximum atomic E-state index is 12.1. The lowest BCUT2D eigenvalue weighted by Crippen LogP contribution is -2.06. The highest BCUT2D eigenvalue weighted by molar-refractivity contribution is 5.28. The summed E-state index contributed by atoms with van der Waals surface area (Å²) in [6.07, 6.45) is -2.86. The van der Waals surface area contributed by atoms with Crippen LogP contribution in [-0.4, -0.2) is 10.1 Å². The van der Waals surface area contributed by atoms with Crippen LogP contribution in [0.15, 0.2) is 10.9 Å². The molecule has 66 valence electrons. The molecule has 0 amide bonds. The second-order valence-corrected chi connectivity index (χ2v) is 2.38. The van der Waals surface area contributed by atoms with E-state index >= 15 is 0 Å². The van der Waals surface area contributed by atoms with Crippen molar-refractivity contribution < 1.29 is 13.9 Å². The number of aromatic nitrogens is 1. The number of H-pyrrole nitrogens is 1. The van der Waals surface area contributed by atoms with E-state index in [-0.39, 0.29) is 0 Å². The van der Waals surface area contributed by atoms with E-state index in [9.17, 15) is 13.6 Å². The van der Waals surface area contributed by atoms with Gasteiger partial charge in [0.25, 0.3) is 6.43 Å². The second kappa shape index (κ2) is 2.92. The third-order valence-corrected chi connectivity index (χ3v) is 1.39. The zero-order valence-electron chi connectivity index (χ0n) is 6.27. The van der Waals surface area contributed by atoms with Crippen LogP contribution in [0.1, 0.15) is 17.8 Å². The van der Waals surface area contributed by atoms with Crippen LogP contribution in [0.4, 0.5) is 8.78 Å². The highest BCUT2D eigenvalue weighted by Gasteiger charge is 2.15. The van der Waals surface area contributed by atoms with Gasteiger partial charge in [0.05, 0.1) is 0 Å². The van der Waals surface area contributed by atoms with Gasteiger partial charge in [-0.3, -0.25) is 4.79 Å². The van der Waals surface area contributed by atoms with E-state index in [1.54, 1.807) is 0 Å². The molecule has 0 saturated carbocycles. The molecular formula is C7H7F2NO2. The molecule has 3 nitrogen and oxygen atoms in total.